The number of carbonyl (C=O) groups is 1. The number of amides is 1. The van der Waals surface area contributed by atoms with Gasteiger partial charge in [-0.3, -0.25) is 4.79 Å². The third kappa shape index (κ3) is 2.82. The molecule has 120 valence electrons. The van der Waals surface area contributed by atoms with Crippen LogP contribution in [0.15, 0.2) is 18.2 Å². The second-order valence-electron chi connectivity index (χ2n) is 6.38. The van der Waals surface area contributed by atoms with Crippen molar-refractivity contribution in [1.29, 1.82) is 0 Å². The molecule has 4 nitrogen and oxygen atoms in total. The molecule has 0 bridgehead atoms. The molecule has 1 aromatic rings. The number of hydrogen-bond acceptors (Lipinski definition) is 3. The van der Waals surface area contributed by atoms with Gasteiger partial charge in [0, 0.05) is 13.1 Å². The van der Waals surface area contributed by atoms with Gasteiger partial charge in [-0.25, -0.2) is 0 Å². The average molecular weight is 323 g/mol. The van der Waals surface area contributed by atoms with Crippen molar-refractivity contribution in [2.24, 2.45) is 11.3 Å². The van der Waals surface area contributed by atoms with Gasteiger partial charge in [-0.05, 0) is 43.0 Å². The Morgan fingerprint density at radius 3 is 3.14 bits per heavy atom. The summed E-state index contributed by atoms with van der Waals surface area (Å²) in [6.07, 6.45) is 4.56. The lowest BCUT2D eigenvalue weighted by Crippen LogP contribution is -2.47. The fraction of sp³-hybridized carbons (Fsp3) is 0.588. The first-order valence-corrected chi connectivity index (χ1v) is 8.35. The fourth-order valence-electron chi connectivity index (χ4n) is 3.87. The fourth-order valence-corrected chi connectivity index (χ4v) is 4.15. The van der Waals surface area contributed by atoms with Gasteiger partial charge in [-0.2, -0.15) is 0 Å². The predicted octanol–water partition coefficient (Wildman–Crippen LogP) is 2.74. The summed E-state index contributed by atoms with van der Waals surface area (Å²) in [4.78, 5) is 12.8. The molecule has 1 aliphatic heterocycles. The Labute approximate surface area is 136 Å². The van der Waals surface area contributed by atoms with E-state index in [2.05, 4.69) is 10.6 Å². The lowest BCUT2D eigenvalue weighted by molar-refractivity contribution is -0.134. The van der Waals surface area contributed by atoms with Crippen LogP contribution in [0.1, 0.15) is 31.2 Å². The maximum atomic E-state index is 12.8. The van der Waals surface area contributed by atoms with Gasteiger partial charge in [0.2, 0.25) is 5.91 Å². The van der Waals surface area contributed by atoms with Crippen LogP contribution in [-0.4, -0.2) is 26.1 Å². The van der Waals surface area contributed by atoms with E-state index in [4.69, 9.17) is 16.3 Å². The van der Waals surface area contributed by atoms with E-state index in [0.29, 0.717) is 23.2 Å². The molecule has 22 heavy (non-hydrogen) atoms. The van der Waals surface area contributed by atoms with Crippen LogP contribution in [0, 0.1) is 11.3 Å². The highest BCUT2D eigenvalue weighted by atomic mass is 35.5. The molecule has 1 aliphatic carbocycles. The molecule has 2 aliphatic rings. The summed E-state index contributed by atoms with van der Waals surface area (Å²) in [5, 5.41) is 7.10. The zero-order chi connectivity index (χ0) is 15.6. The quantitative estimate of drug-likeness (QED) is 0.896. The molecule has 1 aromatic carbocycles. The standard InChI is InChI=1S/C17H23ClN2O2/c1-22-15-6-5-12(8-14(15)18)9-20-16(21)17-7-3-2-4-13(17)10-19-11-17/h5-6,8,13,19H,2-4,7,9-11H2,1H3,(H,20,21)/t13-,17+/m0/s1. The van der Waals surface area contributed by atoms with E-state index in [0.717, 1.165) is 37.9 Å². The van der Waals surface area contributed by atoms with Gasteiger partial charge >= 0.3 is 0 Å². The summed E-state index contributed by atoms with van der Waals surface area (Å²) < 4.78 is 5.15. The maximum Gasteiger partial charge on any atom is 0.228 e. The Bertz CT molecular complexity index is 564. The van der Waals surface area contributed by atoms with Crippen molar-refractivity contribution in [3.63, 3.8) is 0 Å². The lowest BCUT2D eigenvalue weighted by atomic mass is 9.67. The summed E-state index contributed by atoms with van der Waals surface area (Å²) in [7, 11) is 1.60. The van der Waals surface area contributed by atoms with E-state index in [1.807, 2.05) is 18.2 Å². The second kappa shape index (κ2) is 6.47. The summed E-state index contributed by atoms with van der Waals surface area (Å²) in [5.74, 6) is 1.33. The molecule has 1 saturated carbocycles. The van der Waals surface area contributed by atoms with Gasteiger partial charge in [-0.1, -0.05) is 30.5 Å². The van der Waals surface area contributed by atoms with Gasteiger partial charge in [-0.15, -0.1) is 0 Å². The summed E-state index contributed by atoms with van der Waals surface area (Å²) in [6.45, 7) is 2.30. The Balaban J connectivity index is 1.66. The zero-order valence-electron chi connectivity index (χ0n) is 13.0. The highest BCUT2D eigenvalue weighted by Crippen LogP contribution is 2.43. The first-order chi connectivity index (χ1) is 10.7. The molecule has 2 atom stereocenters. The Kier molecular flexibility index (Phi) is 4.59. The van der Waals surface area contributed by atoms with E-state index in [1.165, 1.54) is 6.42 Å². The Morgan fingerprint density at radius 1 is 1.50 bits per heavy atom. The van der Waals surface area contributed by atoms with Crippen molar-refractivity contribution >= 4 is 17.5 Å². The number of nitrogens with one attached hydrogen (secondary N) is 2. The number of carbonyl (C=O) groups excluding carboxylic acids is 1. The molecule has 0 aromatic heterocycles. The van der Waals surface area contributed by atoms with Crippen molar-refractivity contribution in [3.05, 3.63) is 28.8 Å². The number of methoxy groups -OCH3 is 1. The van der Waals surface area contributed by atoms with Gasteiger partial charge in [0.15, 0.2) is 0 Å². The summed E-state index contributed by atoms with van der Waals surface area (Å²) in [5.41, 5.74) is 0.794. The minimum absolute atomic E-state index is 0.189. The molecular weight excluding hydrogens is 300 g/mol. The molecule has 3 rings (SSSR count). The molecule has 0 unspecified atom stereocenters. The van der Waals surface area contributed by atoms with Crippen molar-refractivity contribution in [2.75, 3.05) is 20.2 Å². The first kappa shape index (κ1) is 15.6. The highest BCUT2D eigenvalue weighted by molar-refractivity contribution is 6.32. The van der Waals surface area contributed by atoms with Crippen LogP contribution in [0.4, 0.5) is 0 Å². The van der Waals surface area contributed by atoms with Gasteiger partial charge in [0.05, 0.1) is 17.5 Å². The van der Waals surface area contributed by atoms with Crippen LogP contribution < -0.4 is 15.4 Å². The minimum atomic E-state index is -0.200. The van der Waals surface area contributed by atoms with E-state index < -0.39 is 0 Å². The number of fused-ring (bicyclic) bond motifs is 1. The topological polar surface area (TPSA) is 50.4 Å². The van der Waals surface area contributed by atoms with Crippen molar-refractivity contribution in [3.8, 4) is 5.75 Å². The highest BCUT2D eigenvalue weighted by Gasteiger charge is 2.49. The van der Waals surface area contributed by atoms with Gasteiger partial charge in [0.25, 0.3) is 0 Å². The summed E-state index contributed by atoms with van der Waals surface area (Å²) in [6, 6.07) is 5.63. The SMILES string of the molecule is COc1ccc(CNC(=O)[C@@]23CCCC[C@H]2CNC3)cc1Cl. The van der Waals surface area contributed by atoms with Crippen molar-refractivity contribution in [1.82, 2.24) is 10.6 Å². The van der Waals surface area contributed by atoms with Crippen LogP contribution in [-0.2, 0) is 11.3 Å². The molecule has 2 fully saturated rings. The zero-order valence-corrected chi connectivity index (χ0v) is 13.7. The normalized spacial score (nSPS) is 27.3. The van der Waals surface area contributed by atoms with E-state index in [-0.39, 0.29) is 11.3 Å². The number of halogens is 1. The van der Waals surface area contributed by atoms with Gasteiger partial charge < -0.3 is 15.4 Å². The third-order valence-electron chi connectivity index (χ3n) is 5.16. The molecule has 1 heterocycles. The number of ether oxygens (including phenoxy) is 1. The largest absolute Gasteiger partial charge is 0.495 e. The van der Waals surface area contributed by atoms with Crippen LogP contribution >= 0.6 is 11.6 Å². The van der Waals surface area contributed by atoms with Crippen molar-refractivity contribution < 1.29 is 9.53 Å². The van der Waals surface area contributed by atoms with Crippen LogP contribution in [0.2, 0.25) is 5.02 Å². The van der Waals surface area contributed by atoms with Crippen LogP contribution in [0.5, 0.6) is 5.75 Å². The van der Waals surface area contributed by atoms with E-state index in [1.54, 1.807) is 7.11 Å². The monoisotopic (exact) mass is 322 g/mol. The van der Waals surface area contributed by atoms with Crippen LogP contribution in [0.25, 0.3) is 0 Å². The number of benzene rings is 1. The number of rotatable bonds is 4. The minimum Gasteiger partial charge on any atom is -0.495 e. The molecule has 0 spiro atoms. The number of hydrogen-bond donors (Lipinski definition) is 2. The van der Waals surface area contributed by atoms with E-state index >= 15 is 0 Å². The smallest absolute Gasteiger partial charge is 0.228 e. The third-order valence-corrected chi connectivity index (χ3v) is 5.45. The molecule has 1 amide bonds. The Morgan fingerprint density at radius 2 is 2.36 bits per heavy atom. The van der Waals surface area contributed by atoms with E-state index in [9.17, 15) is 4.79 Å². The molecule has 0 radical (unpaired) electrons. The second-order valence-corrected chi connectivity index (χ2v) is 6.79. The molecular formula is C17H23ClN2O2. The van der Waals surface area contributed by atoms with Crippen LogP contribution in [0.3, 0.4) is 0 Å². The first-order valence-electron chi connectivity index (χ1n) is 7.97. The molecule has 1 saturated heterocycles. The predicted molar refractivity (Wildman–Crippen MR) is 87.1 cm³/mol. The van der Waals surface area contributed by atoms with Crippen molar-refractivity contribution in [2.45, 2.75) is 32.2 Å². The average Bonchev–Trinajstić information content (AvgIpc) is 2.98. The molecule has 2 N–H and O–H groups in total. The molecule has 5 heteroatoms. The van der Waals surface area contributed by atoms with Gasteiger partial charge in [0.1, 0.15) is 5.75 Å². The Hall–Kier alpha value is -1.26. The lowest BCUT2D eigenvalue weighted by Gasteiger charge is -2.37. The summed E-state index contributed by atoms with van der Waals surface area (Å²) >= 11 is 6.13. The maximum absolute atomic E-state index is 12.8.